The summed E-state index contributed by atoms with van der Waals surface area (Å²) >= 11 is 0. The summed E-state index contributed by atoms with van der Waals surface area (Å²) in [5.74, 6) is 0.229. The molecule has 5 atom stereocenters. The fourth-order valence-electron chi connectivity index (χ4n) is 4.03. The van der Waals surface area contributed by atoms with Gasteiger partial charge in [0.15, 0.2) is 6.10 Å². The molecule has 3 unspecified atom stereocenters. The number of hydrogen-bond acceptors (Lipinski definition) is 3. The predicted molar refractivity (Wildman–Crippen MR) is 79.4 cm³/mol. The van der Waals surface area contributed by atoms with Crippen LogP contribution >= 0.6 is 0 Å². The van der Waals surface area contributed by atoms with Gasteiger partial charge in [0.05, 0.1) is 6.10 Å². The normalized spacial score (nSPS) is 31.8. The van der Waals surface area contributed by atoms with Gasteiger partial charge in [-0.25, -0.2) is 4.39 Å². The molecule has 22 heavy (non-hydrogen) atoms. The van der Waals surface area contributed by atoms with Crippen molar-refractivity contribution in [2.45, 2.75) is 43.9 Å². The van der Waals surface area contributed by atoms with E-state index in [1.54, 1.807) is 11.9 Å². The second-order valence-electron chi connectivity index (χ2n) is 6.67. The lowest BCUT2D eigenvalue weighted by atomic mass is 10.0. The van der Waals surface area contributed by atoms with E-state index in [9.17, 15) is 19.4 Å². The van der Waals surface area contributed by atoms with Crippen molar-refractivity contribution in [2.24, 2.45) is 11.8 Å². The molecule has 0 aromatic heterocycles. The van der Waals surface area contributed by atoms with Gasteiger partial charge in [-0.2, -0.15) is 0 Å². The fraction of sp³-hybridized carbons (Fsp3) is 0.588. The number of rotatable bonds is 3. The first kappa shape index (κ1) is 15.4. The largest absolute Gasteiger partial charge is 0.393 e. The Kier molecular flexibility index (Phi) is 4.19. The van der Waals surface area contributed by atoms with Crippen LogP contribution < -0.4 is 0 Å². The maximum Gasteiger partial charge on any atom is 0.256 e. The SMILES string of the molecule is CN(C(=O)C(O)c1ccc(F)cc1)C1C[C@H]2CC(O)C[C@H]2C1. The molecule has 2 aliphatic carbocycles. The standard InChI is InChI=1S/C17H22FNO3/c1-19(14-6-11-8-15(20)9-12(11)7-14)17(22)16(21)10-2-4-13(18)5-3-10/h2-5,11-12,14-16,20-21H,6-9H2,1H3/t11-,12+,14?,15?,16?. The second kappa shape index (κ2) is 5.97. The van der Waals surface area contributed by atoms with Crippen LogP contribution in [-0.2, 0) is 4.79 Å². The number of halogens is 1. The minimum absolute atomic E-state index is 0.116. The molecule has 0 saturated heterocycles. The third-order valence-electron chi connectivity index (χ3n) is 5.28. The molecular weight excluding hydrogens is 285 g/mol. The van der Waals surface area contributed by atoms with Crippen molar-refractivity contribution in [1.29, 1.82) is 0 Å². The summed E-state index contributed by atoms with van der Waals surface area (Å²) in [6.45, 7) is 0. The Morgan fingerprint density at radius 2 is 1.73 bits per heavy atom. The molecule has 4 nitrogen and oxygen atoms in total. The zero-order chi connectivity index (χ0) is 15.9. The summed E-state index contributed by atoms with van der Waals surface area (Å²) in [6.07, 6.45) is 1.98. The molecule has 0 bridgehead atoms. The number of hydrogen-bond donors (Lipinski definition) is 2. The average Bonchev–Trinajstić information content (AvgIpc) is 3.03. The molecule has 0 heterocycles. The Balaban J connectivity index is 1.64. The van der Waals surface area contributed by atoms with Crippen molar-refractivity contribution in [3.05, 3.63) is 35.6 Å². The molecule has 3 rings (SSSR count). The molecule has 0 aliphatic heterocycles. The van der Waals surface area contributed by atoms with Gasteiger partial charge in [0.2, 0.25) is 0 Å². The zero-order valence-corrected chi connectivity index (χ0v) is 12.7. The maximum absolute atomic E-state index is 12.9. The van der Waals surface area contributed by atoms with Gasteiger partial charge in [-0.15, -0.1) is 0 Å². The topological polar surface area (TPSA) is 60.8 Å². The van der Waals surface area contributed by atoms with Crippen molar-refractivity contribution >= 4 is 5.91 Å². The lowest BCUT2D eigenvalue weighted by Gasteiger charge is -2.28. The highest BCUT2D eigenvalue weighted by Gasteiger charge is 2.43. The Morgan fingerprint density at radius 3 is 2.27 bits per heavy atom. The van der Waals surface area contributed by atoms with Crippen LogP contribution in [0.5, 0.6) is 0 Å². The van der Waals surface area contributed by atoms with Gasteiger partial charge < -0.3 is 15.1 Å². The van der Waals surface area contributed by atoms with Crippen LogP contribution in [0.3, 0.4) is 0 Å². The van der Waals surface area contributed by atoms with Crippen LogP contribution in [0.4, 0.5) is 4.39 Å². The highest BCUT2D eigenvalue weighted by molar-refractivity contribution is 5.82. The number of likely N-dealkylation sites (N-methyl/N-ethyl adjacent to an activating group) is 1. The van der Waals surface area contributed by atoms with E-state index in [1.807, 2.05) is 0 Å². The number of benzene rings is 1. The van der Waals surface area contributed by atoms with E-state index in [2.05, 4.69) is 0 Å². The predicted octanol–water partition coefficient (Wildman–Crippen LogP) is 1.87. The van der Waals surface area contributed by atoms with Gasteiger partial charge in [-0.1, -0.05) is 12.1 Å². The highest BCUT2D eigenvalue weighted by atomic mass is 19.1. The Hall–Kier alpha value is -1.46. The minimum Gasteiger partial charge on any atom is -0.393 e. The minimum atomic E-state index is -1.25. The van der Waals surface area contributed by atoms with Crippen LogP contribution in [0.1, 0.15) is 37.4 Å². The molecule has 2 aliphatic rings. The Morgan fingerprint density at radius 1 is 1.18 bits per heavy atom. The fourth-order valence-corrected chi connectivity index (χ4v) is 4.03. The third kappa shape index (κ3) is 2.88. The molecule has 0 radical (unpaired) electrons. The quantitative estimate of drug-likeness (QED) is 0.896. The lowest BCUT2D eigenvalue weighted by molar-refractivity contribution is -0.141. The third-order valence-corrected chi connectivity index (χ3v) is 5.28. The first-order valence-electron chi connectivity index (χ1n) is 7.84. The number of amides is 1. The van der Waals surface area contributed by atoms with E-state index >= 15 is 0 Å². The Bertz CT molecular complexity index is 533. The van der Waals surface area contributed by atoms with E-state index in [-0.39, 0.29) is 23.9 Å². The second-order valence-corrected chi connectivity index (χ2v) is 6.67. The van der Waals surface area contributed by atoms with E-state index in [0.29, 0.717) is 17.4 Å². The van der Waals surface area contributed by atoms with Gasteiger partial charge in [0.1, 0.15) is 5.82 Å². The number of carbonyl (C=O) groups excluding carboxylic acids is 1. The van der Waals surface area contributed by atoms with Crippen LogP contribution in [-0.4, -0.2) is 40.2 Å². The summed E-state index contributed by atoms with van der Waals surface area (Å²) in [7, 11) is 1.72. The molecule has 120 valence electrons. The summed E-state index contributed by atoms with van der Waals surface area (Å²) < 4.78 is 12.9. The van der Waals surface area contributed by atoms with Gasteiger partial charge in [-0.3, -0.25) is 4.79 Å². The summed E-state index contributed by atoms with van der Waals surface area (Å²) in [6, 6.07) is 5.47. The van der Waals surface area contributed by atoms with Gasteiger partial charge in [0, 0.05) is 13.1 Å². The smallest absolute Gasteiger partial charge is 0.256 e. The zero-order valence-electron chi connectivity index (χ0n) is 12.7. The van der Waals surface area contributed by atoms with Crippen molar-refractivity contribution in [1.82, 2.24) is 4.90 Å². The number of nitrogens with zero attached hydrogens (tertiary/aromatic N) is 1. The van der Waals surface area contributed by atoms with E-state index in [0.717, 1.165) is 25.7 Å². The van der Waals surface area contributed by atoms with E-state index < -0.39 is 6.10 Å². The van der Waals surface area contributed by atoms with Crippen molar-refractivity contribution in [3.63, 3.8) is 0 Å². The summed E-state index contributed by atoms with van der Waals surface area (Å²) in [5.41, 5.74) is 0.409. The Labute approximate surface area is 129 Å². The van der Waals surface area contributed by atoms with Gasteiger partial charge in [-0.05, 0) is 55.2 Å². The molecule has 2 N–H and O–H groups in total. The van der Waals surface area contributed by atoms with E-state index in [4.69, 9.17) is 0 Å². The van der Waals surface area contributed by atoms with Crippen LogP contribution in [0.2, 0.25) is 0 Å². The molecular formula is C17H22FNO3. The molecule has 5 heteroatoms. The van der Waals surface area contributed by atoms with Crippen LogP contribution in [0.25, 0.3) is 0 Å². The van der Waals surface area contributed by atoms with Crippen LogP contribution in [0, 0.1) is 17.7 Å². The molecule has 1 aromatic rings. The molecule has 2 saturated carbocycles. The average molecular weight is 307 g/mol. The lowest BCUT2D eigenvalue weighted by Crippen LogP contribution is -2.39. The summed E-state index contributed by atoms with van der Waals surface area (Å²) in [4.78, 5) is 14.1. The maximum atomic E-state index is 12.9. The van der Waals surface area contributed by atoms with E-state index in [1.165, 1.54) is 24.3 Å². The molecule has 2 fully saturated rings. The van der Waals surface area contributed by atoms with Gasteiger partial charge in [0.25, 0.3) is 5.91 Å². The van der Waals surface area contributed by atoms with Crippen molar-refractivity contribution < 1.29 is 19.4 Å². The van der Waals surface area contributed by atoms with Crippen molar-refractivity contribution in [2.75, 3.05) is 7.05 Å². The number of aliphatic hydroxyl groups excluding tert-OH is 2. The van der Waals surface area contributed by atoms with Crippen molar-refractivity contribution in [3.8, 4) is 0 Å². The first-order chi connectivity index (χ1) is 10.5. The van der Waals surface area contributed by atoms with Gasteiger partial charge >= 0.3 is 0 Å². The summed E-state index contributed by atoms with van der Waals surface area (Å²) in [5, 5.41) is 19.9. The number of fused-ring (bicyclic) bond motifs is 1. The monoisotopic (exact) mass is 307 g/mol. The molecule has 1 amide bonds. The first-order valence-corrected chi connectivity index (χ1v) is 7.84. The number of aliphatic hydroxyl groups is 2. The molecule has 1 aromatic carbocycles. The van der Waals surface area contributed by atoms with Crippen LogP contribution in [0.15, 0.2) is 24.3 Å². The highest BCUT2D eigenvalue weighted by Crippen LogP contribution is 2.45. The molecule has 0 spiro atoms. The number of carbonyl (C=O) groups is 1.